The predicted molar refractivity (Wildman–Crippen MR) is 56.1 cm³/mol. The number of hydrogen-bond donors (Lipinski definition) is 2. The molecular formula is C10H22N2O2. The first kappa shape index (κ1) is 11.9. The quantitative estimate of drug-likeness (QED) is 0.663. The van der Waals surface area contributed by atoms with E-state index in [0.717, 1.165) is 32.7 Å². The molecule has 1 fully saturated rings. The summed E-state index contributed by atoms with van der Waals surface area (Å²) < 4.78 is 5.43. The van der Waals surface area contributed by atoms with Crippen LogP contribution in [0.2, 0.25) is 0 Å². The van der Waals surface area contributed by atoms with E-state index >= 15 is 0 Å². The molecule has 0 aromatic rings. The van der Waals surface area contributed by atoms with Gasteiger partial charge in [-0.05, 0) is 20.3 Å². The van der Waals surface area contributed by atoms with Gasteiger partial charge in [0.15, 0.2) is 0 Å². The molecule has 0 amide bonds. The van der Waals surface area contributed by atoms with Crippen LogP contribution in [0.3, 0.4) is 0 Å². The highest BCUT2D eigenvalue weighted by molar-refractivity contribution is 4.84. The molecule has 4 nitrogen and oxygen atoms in total. The number of aliphatic hydroxyl groups excluding tert-OH is 1. The maximum absolute atomic E-state index is 8.83. The van der Waals surface area contributed by atoms with Crippen molar-refractivity contribution in [2.75, 3.05) is 32.9 Å². The van der Waals surface area contributed by atoms with E-state index in [4.69, 9.17) is 15.6 Å². The molecule has 4 heteroatoms. The maximum atomic E-state index is 8.83. The first-order chi connectivity index (χ1) is 6.56. The lowest BCUT2D eigenvalue weighted by molar-refractivity contribution is -0.0521. The normalized spacial score (nSPS) is 24.9. The zero-order chi connectivity index (χ0) is 10.6. The second-order valence-corrected chi connectivity index (χ2v) is 4.58. The molecule has 0 radical (unpaired) electrons. The van der Waals surface area contributed by atoms with Gasteiger partial charge in [0, 0.05) is 24.7 Å². The fraction of sp³-hybridized carbons (Fsp3) is 1.00. The molecule has 3 N–H and O–H groups in total. The van der Waals surface area contributed by atoms with Crippen molar-refractivity contribution in [1.29, 1.82) is 0 Å². The van der Waals surface area contributed by atoms with E-state index in [1.807, 2.05) is 0 Å². The van der Waals surface area contributed by atoms with Crippen LogP contribution in [0.25, 0.3) is 0 Å². The topological polar surface area (TPSA) is 58.7 Å². The first-order valence-electron chi connectivity index (χ1n) is 5.25. The van der Waals surface area contributed by atoms with Crippen LogP contribution in [0.15, 0.2) is 0 Å². The third-order valence-corrected chi connectivity index (χ3v) is 2.82. The molecule has 1 aliphatic rings. The molecule has 0 aromatic carbocycles. The highest BCUT2D eigenvalue weighted by Gasteiger charge is 2.30. The van der Waals surface area contributed by atoms with Crippen LogP contribution in [0.4, 0.5) is 0 Å². The Bertz CT molecular complexity index is 174. The Kier molecular flexibility index (Phi) is 4.31. The number of aliphatic hydroxyl groups is 1. The molecule has 1 rings (SSSR count). The monoisotopic (exact) mass is 202 g/mol. The highest BCUT2D eigenvalue weighted by Crippen LogP contribution is 2.18. The lowest BCUT2D eigenvalue weighted by atomic mass is 10.0. The van der Waals surface area contributed by atoms with Gasteiger partial charge in [0.05, 0.1) is 19.8 Å². The molecule has 1 unspecified atom stereocenters. The Morgan fingerprint density at radius 2 is 2.29 bits per heavy atom. The Balaban J connectivity index is 2.34. The minimum atomic E-state index is -0.0892. The van der Waals surface area contributed by atoms with Gasteiger partial charge < -0.3 is 15.6 Å². The van der Waals surface area contributed by atoms with Gasteiger partial charge in [0.1, 0.15) is 0 Å². The van der Waals surface area contributed by atoms with E-state index < -0.39 is 0 Å². The van der Waals surface area contributed by atoms with Crippen molar-refractivity contribution in [3.05, 3.63) is 0 Å². The number of hydrogen-bond acceptors (Lipinski definition) is 4. The average molecular weight is 202 g/mol. The van der Waals surface area contributed by atoms with E-state index in [-0.39, 0.29) is 18.2 Å². The summed E-state index contributed by atoms with van der Waals surface area (Å²) in [6.07, 6.45) is 0.847. The van der Waals surface area contributed by atoms with Gasteiger partial charge in [-0.3, -0.25) is 4.90 Å². The molecule has 1 aliphatic heterocycles. The molecule has 0 spiro atoms. The zero-order valence-electron chi connectivity index (χ0n) is 9.20. The lowest BCUT2D eigenvalue weighted by Gasteiger charge is -2.42. The predicted octanol–water partition coefficient (Wildman–Crippen LogP) is -0.193. The highest BCUT2D eigenvalue weighted by atomic mass is 16.5. The molecule has 14 heavy (non-hydrogen) atoms. The van der Waals surface area contributed by atoms with Crippen LogP contribution >= 0.6 is 0 Å². The number of nitrogens with two attached hydrogens (primary N) is 1. The summed E-state index contributed by atoms with van der Waals surface area (Å²) in [4.78, 5) is 2.38. The second kappa shape index (κ2) is 5.07. The molecule has 1 atom stereocenters. The van der Waals surface area contributed by atoms with Gasteiger partial charge in [0.2, 0.25) is 0 Å². The molecule has 0 bridgehead atoms. The van der Waals surface area contributed by atoms with Crippen molar-refractivity contribution in [2.45, 2.75) is 31.8 Å². The van der Waals surface area contributed by atoms with Gasteiger partial charge in [-0.2, -0.15) is 0 Å². The van der Waals surface area contributed by atoms with Gasteiger partial charge in [-0.15, -0.1) is 0 Å². The average Bonchev–Trinajstić information content (AvgIpc) is 2.15. The van der Waals surface area contributed by atoms with Gasteiger partial charge in [-0.1, -0.05) is 0 Å². The maximum Gasteiger partial charge on any atom is 0.0645 e. The van der Waals surface area contributed by atoms with E-state index in [0.29, 0.717) is 0 Å². The fourth-order valence-corrected chi connectivity index (χ4v) is 1.72. The molecule has 1 heterocycles. The van der Waals surface area contributed by atoms with Crippen molar-refractivity contribution < 1.29 is 9.84 Å². The summed E-state index contributed by atoms with van der Waals surface area (Å²) in [5, 5.41) is 8.83. The van der Waals surface area contributed by atoms with Gasteiger partial charge in [0.25, 0.3) is 0 Å². The standard InChI is InChI=1S/C10H22N2O2/c1-10(2)8-14-6-5-12(10)4-3-9(11)7-13/h9,13H,3-8,11H2,1-2H3. The summed E-state index contributed by atoms with van der Waals surface area (Å²) in [7, 11) is 0. The van der Waals surface area contributed by atoms with Crippen molar-refractivity contribution in [3.63, 3.8) is 0 Å². The first-order valence-corrected chi connectivity index (χ1v) is 5.25. The smallest absolute Gasteiger partial charge is 0.0645 e. The van der Waals surface area contributed by atoms with Gasteiger partial charge >= 0.3 is 0 Å². The van der Waals surface area contributed by atoms with Crippen molar-refractivity contribution in [1.82, 2.24) is 4.90 Å². The van der Waals surface area contributed by atoms with Crippen LogP contribution in [0.5, 0.6) is 0 Å². The number of rotatable bonds is 4. The van der Waals surface area contributed by atoms with E-state index in [2.05, 4.69) is 18.7 Å². The second-order valence-electron chi connectivity index (χ2n) is 4.58. The zero-order valence-corrected chi connectivity index (χ0v) is 9.20. The van der Waals surface area contributed by atoms with E-state index in [1.54, 1.807) is 0 Å². The summed E-state index contributed by atoms with van der Waals surface area (Å²) in [5.41, 5.74) is 5.78. The number of ether oxygens (including phenoxy) is 1. The van der Waals surface area contributed by atoms with Crippen molar-refractivity contribution in [3.8, 4) is 0 Å². The molecule has 0 aliphatic carbocycles. The third kappa shape index (κ3) is 3.20. The minimum Gasteiger partial charge on any atom is -0.395 e. The van der Waals surface area contributed by atoms with Crippen LogP contribution in [-0.2, 0) is 4.74 Å². The van der Waals surface area contributed by atoms with Crippen molar-refractivity contribution in [2.24, 2.45) is 5.73 Å². The van der Waals surface area contributed by atoms with Crippen molar-refractivity contribution >= 4 is 0 Å². The molecule has 84 valence electrons. The van der Waals surface area contributed by atoms with E-state index in [9.17, 15) is 0 Å². The largest absolute Gasteiger partial charge is 0.395 e. The summed E-state index contributed by atoms with van der Waals surface area (Å²) in [6.45, 7) is 7.92. The van der Waals surface area contributed by atoms with Gasteiger partial charge in [-0.25, -0.2) is 0 Å². The van der Waals surface area contributed by atoms with Crippen LogP contribution in [0.1, 0.15) is 20.3 Å². The summed E-state index contributed by atoms with van der Waals surface area (Å²) >= 11 is 0. The molecule has 0 saturated carbocycles. The fourth-order valence-electron chi connectivity index (χ4n) is 1.72. The Morgan fingerprint density at radius 3 is 2.86 bits per heavy atom. The van der Waals surface area contributed by atoms with Crippen LogP contribution < -0.4 is 5.73 Å². The number of nitrogens with zero attached hydrogens (tertiary/aromatic N) is 1. The van der Waals surface area contributed by atoms with Crippen LogP contribution in [0, 0.1) is 0 Å². The number of morpholine rings is 1. The summed E-state index contributed by atoms with van der Waals surface area (Å²) in [5.74, 6) is 0. The molecule has 1 saturated heterocycles. The van der Waals surface area contributed by atoms with E-state index in [1.165, 1.54) is 0 Å². The Hall–Kier alpha value is -0.160. The third-order valence-electron chi connectivity index (χ3n) is 2.82. The van der Waals surface area contributed by atoms with Crippen LogP contribution in [-0.4, -0.2) is 54.5 Å². The lowest BCUT2D eigenvalue weighted by Crippen LogP contribution is -2.53. The minimum absolute atomic E-state index is 0.0742. The SMILES string of the molecule is CC1(C)COCCN1CCC(N)CO. The molecular weight excluding hydrogens is 180 g/mol. The molecule has 0 aromatic heterocycles. The summed E-state index contributed by atoms with van der Waals surface area (Å²) in [6, 6.07) is -0.0892. The Morgan fingerprint density at radius 1 is 1.57 bits per heavy atom. The Labute approximate surface area is 86.0 Å².